The quantitative estimate of drug-likeness (QED) is 0.662. The van der Waals surface area contributed by atoms with Gasteiger partial charge in [-0.05, 0) is 31.6 Å². The average Bonchev–Trinajstić information content (AvgIpc) is 2.81. The van der Waals surface area contributed by atoms with Gasteiger partial charge in [0.05, 0.1) is 0 Å². The Hall–Kier alpha value is -2.12. The number of carbonyl (C=O) groups excluding carboxylic acids is 4. The SMILES string of the molecule is C[C@@H]1CCCC[C@@H]1NC(=O)NC(=O)CN1C(=O)NC2(CCCCC2)C1=O. The Morgan fingerprint density at radius 1 is 1.12 bits per heavy atom. The topological polar surface area (TPSA) is 108 Å². The number of urea groups is 2. The number of imide groups is 2. The lowest BCUT2D eigenvalue weighted by molar-refractivity contribution is -0.135. The molecule has 0 aromatic rings. The van der Waals surface area contributed by atoms with Gasteiger partial charge in [0.25, 0.3) is 5.91 Å². The molecule has 6 amide bonds. The molecule has 8 nitrogen and oxygen atoms in total. The minimum Gasteiger partial charge on any atom is -0.335 e. The monoisotopic (exact) mass is 364 g/mol. The van der Waals surface area contributed by atoms with Gasteiger partial charge in [-0.2, -0.15) is 0 Å². The summed E-state index contributed by atoms with van der Waals surface area (Å²) in [6, 6.07) is -1.06. The summed E-state index contributed by atoms with van der Waals surface area (Å²) < 4.78 is 0. The summed E-state index contributed by atoms with van der Waals surface area (Å²) in [5.41, 5.74) is -0.852. The Bertz CT molecular complexity index is 600. The normalized spacial score (nSPS) is 28.0. The Morgan fingerprint density at radius 2 is 1.81 bits per heavy atom. The highest BCUT2D eigenvalue weighted by atomic mass is 16.2. The van der Waals surface area contributed by atoms with Gasteiger partial charge >= 0.3 is 12.1 Å². The Balaban J connectivity index is 1.52. The maximum atomic E-state index is 12.6. The molecule has 2 aliphatic carbocycles. The van der Waals surface area contributed by atoms with E-state index in [1.54, 1.807) is 0 Å². The van der Waals surface area contributed by atoms with Crippen LogP contribution in [0.4, 0.5) is 9.59 Å². The van der Waals surface area contributed by atoms with Crippen LogP contribution in [0.2, 0.25) is 0 Å². The predicted molar refractivity (Wildman–Crippen MR) is 94.2 cm³/mol. The fourth-order valence-corrected chi connectivity index (χ4v) is 4.36. The fourth-order valence-electron chi connectivity index (χ4n) is 4.36. The number of hydrogen-bond acceptors (Lipinski definition) is 4. The Kier molecular flexibility index (Phi) is 5.48. The van der Waals surface area contributed by atoms with Crippen molar-refractivity contribution >= 4 is 23.9 Å². The third-order valence-electron chi connectivity index (χ3n) is 5.94. The number of rotatable bonds is 3. The highest BCUT2D eigenvalue weighted by molar-refractivity contribution is 6.10. The molecule has 1 aliphatic heterocycles. The van der Waals surface area contributed by atoms with Crippen LogP contribution in [-0.4, -0.2) is 46.9 Å². The summed E-state index contributed by atoms with van der Waals surface area (Å²) in [4.78, 5) is 49.9. The first-order valence-corrected chi connectivity index (χ1v) is 9.66. The standard InChI is InChI=1S/C18H28N4O4/c1-12-7-3-4-8-13(12)19-16(25)20-14(23)11-22-15(24)18(21-17(22)26)9-5-2-6-10-18/h12-13H,2-11H2,1H3,(H,21,26)(H2,19,20,23,25)/t12-,13+/m1/s1. The molecule has 0 aromatic heterocycles. The smallest absolute Gasteiger partial charge is 0.325 e. The highest BCUT2D eigenvalue weighted by Gasteiger charge is 2.51. The van der Waals surface area contributed by atoms with E-state index in [2.05, 4.69) is 22.9 Å². The molecule has 0 unspecified atom stereocenters. The second-order valence-corrected chi connectivity index (χ2v) is 7.85. The highest BCUT2D eigenvalue weighted by Crippen LogP contribution is 2.33. The lowest BCUT2D eigenvalue weighted by Crippen LogP contribution is -2.51. The Labute approximate surface area is 153 Å². The summed E-state index contributed by atoms with van der Waals surface area (Å²) >= 11 is 0. The van der Waals surface area contributed by atoms with E-state index in [4.69, 9.17) is 0 Å². The first kappa shape index (κ1) is 18.7. The molecule has 26 heavy (non-hydrogen) atoms. The zero-order valence-electron chi connectivity index (χ0n) is 15.3. The lowest BCUT2D eigenvalue weighted by Gasteiger charge is -2.30. The van der Waals surface area contributed by atoms with E-state index in [0.29, 0.717) is 18.8 Å². The van der Waals surface area contributed by atoms with Crippen LogP contribution in [0.25, 0.3) is 0 Å². The van der Waals surface area contributed by atoms with Gasteiger partial charge in [0.2, 0.25) is 5.91 Å². The minimum absolute atomic E-state index is 0.0544. The van der Waals surface area contributed by atoms with Gasteiger partial charge in [0, 0.05) is 6.04 Å². The number of nitrogens with zero attached hydrogens (tertiary/aromatic N) is 1. The summed E-state index contributed by atoms with van der Waals surface area (Å²) in [7, 11) is 0. The van der Waals surface area contributed by atoms with Gasteiger partial charge in [-0.25, -0.2) is 9.59 Å². The molecule has 8 heteroatoms. The lowest BCUT2D eigenvalue weighted by atomic mass is 9.82. The molecule has 1 saturated heterocycles. The van der Waals surface area contributed by atoms with Crippen LogP contribution in [0, 0.1) is 5.92 Å². The van der Waals surface area contributed by atoms with Gasteiger partial charge < -0.3 is 10.6 Å². The van der Waals surface area contributed by atoms with Crippen molar-refractivity contribution in [2.45, 2.75) is 76.3 Å². The first-order chi connectivity index (χ1) is 12.4. The largest absolute Gasteiger partial charge is 0.335 e. The van der Waals surface area contributed by atoms with Gasteiger partial charge in [0.1, 0.15) is 12.1 Å². The zero-order valence-corrected chi connectivity index (χ0v) is 15.3. The third-order valence-corrected chi connectivity index (χ3v) is 5.94. The van der Waals surface area contributed by atoms with E-state index in [1.807, 2.05) is 0 Å². The maximum absolute atomic E-state index is 12.6. The van der Waals surface area contributed by atoms with Gasteiger partial charge in [-0.3, -0.25) is 19.8 Å². The van der Waals surface area contributed by atoms with E-state index < -0.39 is 30.1 Å². The molecule has 2 saturated carbocycles. The van der Waals surface area contributed by atoms with Crippen LogP contribution in [0.15, 0.2) is 0 Å². The summed E-state index contributed by atoms with van der Waals surface area (Å²) in [5, 5.41) is 7.83. The van der Waals surface area contributed by atoms with E-state index in [0.717, 1.165) is 49.8 Å². The van der Waals surface area contributed by atoms with E-state index >= 15 is 0 Å². The molecule has 0 radical (unpaired) electrons. The van der Waals surface area contributed by atoms with Crippen molar-refractivity contribution in [1.29, 1.82) is 0 Å². The van der Waals surface area contributed by atoms with Crippen molar-refractivity contribution in [3.8, 4) is 0 Å². The second-order valence-electron chi connectivity index (χ2n) is 7.85. The van der Waals surface area contributed by atoms with Crippen molar-refractivity contribution in [3.05, 3.63) is 0 Å². The number of nitrogens with one attached hydrogen (secondary N) is 3. The van der Waals surface area contributed by atoms with E-state index in [-0.39, 0.29) is 11.9 Å². The molecule has 3 fully saturated rings. The van der Waals surface area contributed by atoms with Crippen molar-refractivity contribution in [3.63, 3.8) is 0 Å². The van der Waals surface area contributed by atoms with Crippen LogP contribution in [0.5, 0.6) is 0 Å². The van der Waals surface area contributed by atoms with Crippen LogP contribution >= 0.6 is 0 Å². The van der Waals surface area contributed by atoms with Crippen molar-refractivity contribution < 1.29 is 19.2 Å². The molecule has 3 rings (SSSR count). The molecular formula is C18H28N4O4. The second kappa shape index (κ2) is 7.63. The third kappa shape index (κ3) is 3.83. The van der Waals surface area contributed by atoms with Gasteiger partial charge in [0.15, 0.2) is 0 Å². The van der Waals surface area contributed by atoms with E-state index in [9.17, 15) is 19.2 Å². The molecule has 3 N–H and O–H groups in total. The van der Waals surface area contributed by atoms with Crippen molar-refractivity contribution in [2.75, 3.05) is 6.54 Å². The number of hydrogen-bond donors (Lipinski definition) is 3. The minimum atomic E-state index is -0.852. The summed E-state index contributed by atoms with van der Waals surface area (Å²) in [6.45, 7) is 1.66. The maximum Gasteiger partial charge on any atom is 0.325 e. The summed E-state index contributed by atoms with van der Waals surface area (Å²) in [6.07, 6.45) is 8.21. The molecule has 3 aliphatic rings. The zero-order chi connectivity index (χ0) is 18.7. The fraction of sp³-hybridized carbons (Fsp3) is 0.778. The van der Waals surface area contributed by atoms with Crippen LogP contribution in [0.1, 0.15) is 64.7 Å². The predicted octanol–water partition coefficient (Wildman–Crippen LogP) is 1.65. The van der Waals surface area contributed by atoms with Crippen LogP contribution in [0.3, 0.4) is 0 Å². The molecule has 0 bridgehead atoms. The van der Waals surface area contributed by atoms with E-state index in [1.165, 1.54) is 0 Å². The first-order valence-electron chi connectivity index (χ1n) is 9.66. The molecule has 1 heterocycles. The average molecular weight is 364 g/mol. The molecule has 1 spiro atoms. The molecule has 2 atom stereocenters. The molecular weight excluding hydrogens is 336 g/mol. The summed E-state index contributed by atoms with van der Waals surface area (Å²) in [5.74, 6) is -0.623. The number of carbonyl (C=O) groups is 4. The van der Waals surface area contributed by atoms with Crippen molar-refractivity contribution in [1.82, 2.24) is 20.9 Å². The van der Waals surface area contributed by atoms with Crippen LogP contribution < -0.4 is 16.0 Å². The van der Waals surface area contributed by atoms with Gasteiger partial charge in [-0.1, -0.05) is 39.0 Å². The Morgan fingerprint density at radius 3 is 2.50 bits per heavy atom. The van der Waals surface area contributed by atoms with Gasteiger partial charge in [-0.15, -0.1) is 0 Å². The molecule has 144 valence electrons. The molecule has 0 aromatic carbocycles. The van der Waals surface area contributed by atoms with Crippen molar-refractivity contribution in [2.24, 2.45) is 5.92 Å². The van der Waals surface area contributed by atoms with Crippen LogP contribution in [-0.2, 0) is 9.59 Å². The number of amides is 6.